The van der Waals surface area contributed by atoms with Gasteiger partial charge in [0.15, 0.2) is 6.29 Å². The molecule has 0 aliphatic heterocycles. The smallest absolute Gasteiger partial charge is 0.280 e. The van der Waals surface area contributed by atoms with Crippen LogP contribution in [0.4, 0.5) is 5.69 Å². The summed E-state index contributed by atoms with van der Waals surface area (Å²) < 4.78 is 5.51. The molecule has 0 fully saturated rings. The molecule has 0 bridgehead atoms. The molecule has 2 rings (SSSR count). The van der Waals surface area contributed by atoms with Gasteiger partial charge in [0.1, 0.15) is 11.5 Å². The number of carbonyl (C=O) groups excluding carboxylic acids is 1. The first-order valence-electron chi connectivity index (χ1n) is 5.75. The number of hydrogen-bond acceptors (Lipinski definition) is 5. The predicted octanol–water partition coefficient (Wildman–Crippen LogP) is 2.69. The molecule has 0 saturated carbocycles. The summed E-state index contributed by atoms with van der Waals surface area (Å²) in [5.41, 5.74) is 0.363. The molecule has 0 heterocycles. The van der Waals surface area contributed by atoms with E-state index in [2.05, 4.69) is 0 Å². The molecule has 102 valence electrons. The number of benzene rings is 2. The molecule has 0 spiro atoms. The second-order valence-corrected chi connectivity index (χ2v) is 4.00. The molecule has 0 radical (unpaired) electrons. The Morgan fingerprint density at radius 1 is 1.20 bits per heavy atom. The fourth-order valence-corrected chi connectivity index (χ4v) is 1.70. The van der Waals surface area contributed by atoms with Crippen molar-refractivity contribution in [2.75, 3.05) is 0 Å². The fraction of sp³-hybridized carbons (Fsp3) is 0.0714. The van der Waals surface area contributed by atoms with E-state index in [4.69, 9.17) is 9.84 Å². The van der Waals surface area contributed by atoms with Crippen LogP contribution in [0.25, 0.3) is 0 Å². The minimum Gasteiger partial charge on any atom is -0.457 e. The van der Waals surface area contributed by atoms with Gasteiger partial charge in [-0.3, -0.25) is 14.9 Å². The zero-order valence-corrected chi connectivity index (χ0v) is 10.4. The number of aliphatic hydroxyl groups is 1. The number of rotatable bonds is 5. The summed E-state index contributed by atoms with van der Waals surface area (Å²) in [5, 5.41) is 19.7. The number of aldehydes is 1. The highest BCUT2D eigenvalue weighted by atomic mass is 16.6. The van der Waals surface area contributed by atoms with E-state index in [1.54, 1.807) is 24.3 Å². The molecule has 2 aromatic rings. The third kappa shape index (κ3) is 2.99. The van der Waals surface area contributed by atoms with Crippen LogP contribution in [-0.4, -0.2) is 16.3 Å². The standard InChI is InChI=1S/C14H11NO5/c16-8-10-2-1-3-12(6-10)20-13-4-5-14(15(18)19)11(7-13)9-17/h1-7,9,16H,8H2. The van der Waals surface area contributed by atoms with Gasteiger partial charge in [-0.1, -0.05) is 12.1 Å². The van der Waals surface area contributed by atoms with Crippen LogP contribution < -0.4 is 4.74 Å². The molecule has 6 heteroatoms. The van der Waals surface area contributed by atoms with Crippen LogP contribution in [0.1, 0.15) is 15.9 Å². The van der Waals surface area contributed by atoms with Crippen molar-refractivity contribution in [1.29, 1.82) is 0 Å². The van der Waals surface area contributed by atoms with Gasteiger partial charge in [-0.2, -0.15) is 0 Å². The average molecular weight is 273 g/mol. The van der Waals surface area contributed by atoms with Crippen molar-refractivity contribution in [3.8, 4) is 11.5 Å². The number of ether oxygens (including phenoxy) is 1. The molecule has 0 saturated heterocycles. The van der Waals surface area contributed by atoms with Gasteiger partial charge in [0, 0.05) is 6.07 Å². The van der Waals surface area contributed by atoms with Crippen molar-refractivity contribution < 1.29 is 19.6 Å². The Bertz CT molecular complexity index is 654. The van der Waals surface area contributed by atoms with Crippen LogP contribution in [0.3, 0.4) is 0 Å². The highest BCUT2D eigenvalue weighted by Crippen LogP contribution is 2.27. The van der Waals surface area contributed by atoms with Gasteiger partial charge >= 0.3 is 0 Å². The maximum atomic E-state index is 10.8. The van der Waals surface area contributed by atoms with Crippen LogP contribution in [-0.2, 0) is 6.61 Å². The lowest BCUT2D eigenvalue weighted by Crippen LogP contribution is -1.95. The molecular weight excluding hydrogens is 262 g/mol. The quantitative estimate of drug-likeness (QED) is 0.514. The Kier molecular flexibility index (Phi) is 4.07. The van der Waals surface area contributed by atoms with E-state index in [0.29, 0.717) is 23.3 Å². The molecule has 0 aliphatic carbocycles. The first-order chi connectivity index (χ1) is 9.63. The summed E-state index contributed by atoms with van der Waals surface area (Å²) in [6, 6.07) is 10.7. The van der Waals surface area contributed by atoms with Crippen molar-refractivity contribution >= 4 is 12.0 Å². The zero-order valence-electron chi connectivity index (χ0n) is 10.4. The predicted molar refractivity (Wildman–Crippen MR) is 70.9 cm³/mol. The number of nitro benzene ring substituents is 1. The van der Waals surface area contributed by atoms with Crippen LogP contribution in [0.15, 0.2) is 42.5 Å². The first-order valence-corrected chi connectivity index (χ1v) is 5.75. The van der Waals surface area contributed by atoms with Crippen LogP contribution >= 0.6 is 0 Å². The van der Waals surface area contributed by atoms with Gasteiger partial charge in [-0.15, -0.1) is 0 Å². The number of carbonyl (C=O) groups is 1. The lowest BCUT2D eigenvalue weighted by atomic mass is 10.2. The van der Waals surface area contributed by atoms with Crippen LogP contribution in [0.5, 0.6) is 11.5 Å². The molecule has 0 aliphatic rings. The molecular formula is C14H11NO5. The Balaban J connectivity index is 2.29. The molecule has 20 heavy (non-hydrogen) atoms. The van der Waals surface area contributed by atoms with E-state index >= 15 is 0 Å². The first kappa shape index (κ1) is 13.7. The van der Waals surface area contributed by atoms with E-state index in [9.17, 15) is 14.9 Å². The summed E-state index contributed by atoms with van der Waals surface area (Å²) in [7, 11) is 0. The van der Waals surface area contributed by atoms with Crippen molar-refractivity contribution in [2.45, 2.75) is 6.61 Å². The maximum absolute atomic E-state index is 10.8. The molecule has 6 nitrogen and oxygen atoms in total. The summed E-state index contributed by atoms with van der Waals surface area (Å²) in [5.74, 6) is 0.787. The molecule has 2 aromatic carbocycles. The minimum atomic E-state index is -0.625. The lowest BCUT2D eigenvalue weighted by Gasteiger charge is -2.07. The summed E-state index contributed by atoms with van der Waals surface area (Å²) in [6.07, 6.45) is 0.412. The second kappa shape index (κ2) is 5.94. The van der Waals surface area contributed by atoms with E-state index in [0.717, 1.165) is 0 Å². The topological polar surface area (TPSA) is 89.7 Å². The Hall–Kier alpha value is -2.73. The molecule has 0 amide bonds. The zero-order chi connectivity index (χ0) is 14.5. The molecule has 0 unspecified atom stereocenters. The van der Waals surface area contributed by atoms with Crippen LogP contribution in [0.2, 0.25) is 0 Å². The maximum Gasteiger partial charge on any atom is 0.280 e. The summed E-state index contributed by atoms with van der Waals surface area (Å²) in [4.78, 5) is 20.9. The number of nitro groups is 1. The third-order valence-corrected chi connectivity index (χ3v) is 2.64. The Morgan fingerprint density at radius 3 is 2.60 bits per heavy atom. The summed E-state index contributed by atoms with van der Waals surface area (Å²) >= 11 is 0. The Morgan fingerprint density at radius 2 is 1.95 bits per heavy atom. The fourth-order valence-electron chi connectivity index (χ4n) is 1.70. The van der Waals surface area contributed by atoms with E-state index in [1.807, 2.05) is 0 Å². The van der Waals surface area contributed by atoms with Gasteiger partial charge in [-0.25, -0.2) is 0 Å². The molecule has 1 N–H and O–H groups in total. The third-order valence-electron chi connectivity index (χ3n) is 2.64. The molecule has 0 atom stereocenters. The second-order valence-electron chi connectivity index (χ2n) is 4.00. The molecule has 0 aromatic heterocycles. The van der Waals surface area contributed by atoms with Crippen molar-refractivity contribution in [2.24, 2.45) is 0 Å². The largest absolute Gasteiger partial charge is 0.457 e. The monoisotopic (exact) mass is 273 g/mol. The average Bonchev–Trinajstić information content (AvgIpc) is 2.47. The van der Waals surface area contributed by atoms with Crippen molar-refractivity contribution in [1.82, 2.24) is 0 Å². The number of nitrogens with zero attached hydrogens (tertiary/aromatic N) is 1. The van der Waals surface area contributed by atoms with Gasteiger partial charge in [-0.05, 0) is 29.8 Å². The van der Waals surface area contributed by atoms with Crippen molar-refractivity contribution in [3.63, 3.8) is 0 Å². The normalized spacial score (nSPS) is 10.1. The van der Waals surface area contributed by atoms with E-state index in [-0.39, 0.29) is 17.9 Å². The Labute approximate surface area is 114 Å². The van der Waals surface area contributed by atoms with Crippen LogP contribution in [0, 0.1) is 10.1 Å². The highest BCUT2D eigenvalue weighted by molar-refractivity contribution is 5.82. The van der Waals surface area contributed by atoms with Gasteiger partial charge in [0.25, 0.3) is 5.69 Å². The van der Waals surface area contributed by atoms with E-state index in [1.165, 1.54) is 18.2 Å². The number of hydrogen-bond donors (Lipinski definition) is 1. The van der Waals surface area contributed by atoms with Gasteiger partial charge in [0.2, 0.25) is 0 Å². The SMILES string of the molecule is O=Cc1cc(Oc2cccc(CO)c2)ccc1[N+](=O)[O-]. The summed E-state index contributed by atoms with van der Waals surface area (Å²) in [6.45, 7) is -0.114. The highest BCUT2D eigenvalue weighted by Gasteiger charge is 2.14. The van der Waals surface area contributed by atoms with Gasteiger partial charge in [0.05, 0.1) is 17.1 Å². The van der Waals surface area contributed by atoms with Crippen molar-refractivity contribution in [3.05, 3.63) is 63.7 Å². The van der Waals surface area contributed by atoms with E-state index < -0.39 is 4.92 Å². The lowest BCUT2D eigenvalue weighted by molar-refractivity contribution is -0.385. The minimum absolute atomic E-state index is 0.0502. The number of aliphatic hydroxyl groups excluding tert-OH is 1. The van der Waals surface area contributed by atoms with Gasteiger partial charge < -0.3 is 9.84 Å².